The monoisotopic (exact) mass is 225 g/mol. The Hall–Kier alpha value is -1.26. The third-order valence-corrected chi connectivity index (χ3v) is 4.03. The van der Waals surface area contributed by atoms with Crippen LogP contribution in [0.15, 0.2) is 5.16 Å². The Balaban J connectivity index is 2.10. The van der Waals surface area contributed by atoms with Crippen LogP contribution in [0.25, 0.3) is 0 Å². The van der Waals surface area contributed by atoms with E-state index in [1.54, 1.807) is 0 Å². The number of oxime groups is 1. The van der Waals surface area contributed by atoms with Gasteiger partial charge >= 0.3 is 0 Å². The van der Waals surface area contributed by atoms with Crippen molar-refractivity contribution in [2.24, 2.45) is 28.1 Å². The van der Waals surface area contributed by atoms with Gasteiger partial charge in [0.15, 0.2) is 5.84 Å². The fraction of sp³-hybridized carbons (Fsp3) is 0.818. The van der Waals surface area contributed by atoms with Crippen LogP contribution in [0.5, 0.6) is 0 Å². The third kappa shape index (κ3) is 1.54. The van der Waals surface area contributed by atoms with Gasteiger partial charge in [-0.1, -0.05) is 19.0 Å². The molecule has 16 heavy (non-hydrogen) atoms. The lowest BCUT2D eigenvalue weighted by Gasteiger charge is -2.22. The first-order valence-corrected chi connectivity index (χ1v) is 5.78. The molecule has 3 N–H and O–H groups in total. The Labute approximate surface area is 95.3 Å². The summed E-state index contributed by atoms with van der Waals surface area (Å²) in [4.78, 5) is 14.1. The molecule has 2 unspecified atom stereocenters. The van der Waals surface area contributed by atoms with E-state index in [0.717, 1.165) is 13.1 Å². The van der Waals surface area contributed by atoms with Gasteiger partial charge in [0.05, 0.1) is 0 Å². The standard InChI is InChI=1S/C11H19N3O2/c1-7-5-14(6-8(7)2)10(15)11(3-4-11)9(12)13-16/h7-8,16H,3-6H2,1-2H3,(H2,12,13). The van der Waals surface area contributed by atoms with Gasteiger partial charge in [0, 0.05) is 13.1 Å². The van der Waals surface area contributed by atoms with E-state index in [-0.39, 0.29) is 11.7 Å². The zero-order chi connectivity index (χ0) is 11.9. The highest BCUT2D eigenvalue weighted by Crippen LogP contribution is 2.48. The van der Waals surface area contributed by atoms with E-state index in [4.69, 9.17) is 10.9 Å². The van der Waals surface area contributed by atoms with Gasteiger partial charge in [0.2, 0.25) is 5.91 Å². The Morgan fingerprint density at radius 3 is 2.25 bits per heavy atom. The van der Waals surface area contributed by atoms with Crippen LogP contribution in [-0.2, 0) is 4.79 Å². The molecule has 0 aromatic rings. The molecule has 0 aromatic carbocycles. The highest BCUT2D eigenvalue weighted by molar-refractivity contribution is 6.09. The first-order valence-electron chi connectivity index (χ1n) is 5.78. The Morgan fingerprint density at radius 1 is 1.38 bits per heavy atom. The van der Waals surface area contributed by atoms with Crippen molar-refractivity contribution in [3.8, 4) is 0 Å². The first kappa shape index (κ1) is 11.2. The number of nitrogens with two attached hydrogens (primary N) is 1. The normalized spacial score (nSPS) is 32.9. The summed E-state index contributed by atoms with van der Waals surface area (Å²) < 4.78 is 0. The molecule has 0 bridgehead atoms. The van der Waals surface area contributed by atoms with Gasteiger partial charge in [-0.15, -0.1) is 0 Å². The summed E-state index contributed by atoms with van der Waals surface area (Å²) in [5.74, 6) is 1.18. The molecule has 5 heteroatoms. The number of nitrogens with zero attached hydrogens (tertiary/aromatic N) is 2. The van der Waals surface area contributed by atoms with Crippen LogP contribution < -0.4 is 5.73 Å². The number of hydrogen-bond acceptors (Lipinski definition) is 3. The van der Waals surface area contributed by atoms with E-state index in [2.05, 4.69) is 19.0 Å². The van der Waals surface area contributed by atoms with Crippen molar-refractivity contribution in [1.82, 2.24) is 4.90 Å². The molecule has 2 atom stereocenters. The SMILES string of the molecule is CC1CN(C(=O)C2(C(N)=NO)CC2)CC1C. The predicted molar refractivity (Wildman–Crippen MR) is 60.0 cm³/mol. The van der Waals surface area contributed by atoms with Gasteiger partial charge in [-0.25, -0.2) is 0 Å². The second-order valence-electron chi connectivity index (χ2n) is 5.23. The minimum Gasteiger partial charge on any atom is -0.409 e. The summed E-state index contributed by atoms with van der Waals surface area (Å²) in [5, 5.41) is 11.7. The number of amides is 1. The van der Waals surface area contributed by atoms with Crippen LogP contribution in [-0.4, -0.2) is 34.9 Å². The second-order valence-corrected chi connectivity index (χ2v) is 5.23. The zero-order valence-electron chi connectivity index (χ0n) is 9.81. The van der Waals surface area contributed by atoms with Gasteiger partial charge in [-0.05, 0) is 24.7 Å². The average molecular weight is 225 g/mol. The van der Waals surface area contributed by atoms with E-state index < -0.39 is 5.41 Å². The van der Waals surface area contributed by atoms with Crippen LogP contribution in [0.1, 0.15) is 26.7 Å². The molecule has 0 spiro atoms. The molecule has 1 saturated heterocycles. The van der Waals surface area contributed by atoms with Crippen molar-refractivity contribution < 1.29 is 10.0 Å². The van der Waals surface area contributed by atoms with E-state index in [1.807, 2.05) is 4.90 Å². The smallest absolute Gasteiger partial charge is 0.236 e. The summed E-state index contributed by atoms with van der Waals surface area (Å²) in [6.07, 6.45) is 1.42. The van der Waals surface area contributed by atoms with Crippen molar-refractivity contribution >= 4 is 11.7 Å². The number of carbonyl (C=O) groups excluding carboxylic acids is 1. The third-order valence-electron chi connectivity index (χ3n) is 4.03. The van der Waals surface area contributed by atoms with Gasteiger partial charge in [0.25, 0.3) is 0 Å². The number of likely N-dealkylation sites (tertiary alicyclic amines) is 1. The van der Waals surface area contributed by atoms with E-state index in [1.165, 1.54) is 0 Å². The van der Waals surface area contributed by atoms with Crippen molar-refractivity contribution in [3.63, 3.8) is 0 Å². The van der Waals surface area contributed by atoms with E-state index >= 15 is 0 Å². The maximum Gasteiger partial charge on any atom is 0.236 e. The Bertz CT molecular complexity index is 326. The van der Waals surface area contributed by atoms with Crippen molar-refractivity contribution in [2.75, 3.05) is 13.1 Å². The predicted octanol–water partition coefficient (Wildman–Crippen LogP) is 0.627. The first-order chi connectivity index (χ1) is 7.51. The van der Waals surface area contributed by atoms with Crippen molar-refractivity contribution in [3.05, 3.63) is 0 Å². The zero-order valence-corrected chi connectivity index (χ0v) is 9.81. The molecular weight excluding hydrogens is 206 g/mol. The molecule has 2 aliphatic rings. The molecule has 1 heterocycles. The summed E-state index contributed by atoms with van der Waals surface area (Å²) in [6.45, 7) is 5.89. The maximum atomic E-state index is 12.3. The van der Waals surface area contributed by atoms with Crippen molar-refractivity contribution in [1.29, 1.82) is 0 Å². The largest absolute Gasteiger partial charge is 0.409 e. The Kier molecular flexibility index (Phi) is 2.56. The fourth-order valence-electron chi connectivity index (χ4n) is 2.40. The molecule has 1 aliphatic heterocycles. The second kappa shape index (κ2) is 3.64. The van der Waals surface area contributed by atoms with Crippen LogP contribution >= 0.6 is 0 Å². The molecule has 0 aromatic heterocycles. The fourth-order valence-corrected chi connectivity index (χ4v) is 2.40. The summed E-state index contributed by atoms with van der Waals surface area (Å²) in [5.41, 5.74) is 4.92. The lowest BCUT2D eigenvalue weighted by atomic mass is 10.0. The van der Waals surface area contributed by atoms with Gasteiger partial charge < -0.3 is 15.8 Å². The molecule has 90 valence electrons. The molecule has 1 amide bonds. The lowest BCUT2D eigenvalue weighted by Crippen LogP contribution is -2.42. The molecule has 2 fully saturated rings. The molecule has 2 rings (SSSR count). The Morgan fingerprint density at radius 2 is 1.88 bits per heavy atom. The van der Waals surface area contributed by atoms with Crippen LogP contribution in [0.2, 0.25) is 0 Å². The van der Waals surface area contributed by atoms with Gasteiger partial charge in [-0.3, -0.25) is 4.79 Å². The van der Waals surface area contributed by atoms with Crippen LogP contribution in [0, 0.1) is 17.3 Å². The van der Waals surface area contributed by atoms with Crippen LogP contribution in [0.4, 0.5) is 0 Å². The average Bonchev–Trinajstić information content (AvgIpc) is 3.01. The molecule has 0 radical (unpaired) electrons. The van der Waals surface area contributed by atoms with E-state index in [0.29, 0.717) is 24.7 Å². The molecule has 1 saturated carbocycles. The van der Waals surface area contributed by atoms with Gasteiger partial charge in [0.1, 0.15) is 5.41 Å². The quantitative estimate of drug-likeness (QED) is 0.313. The highest BCUT2D eigenvalue weighted by Gasteiger charge is 2.56. The number of rotatable bonds is 2. The summed E-state index contributed by atoms with van der Waals surface area (Å²) >= 11 is 0. The molecule has 5 nitrogen and oxygen atoms in total. The van der Waals surface area contributed by atoms with Gasteiger partial charge in [-0.2, -0.15) is 0 Å². The number of carbonyl (C=O) groups is 1. The summed E-state index contributed by atoms with van der Waals surface area (Å²) in [7, 11) is 0. The number of hydrogen-bond donors (Lipinski definition) is 2. The van der Waals surface area contributed by atoms with Crippen LogP contribution in [0.3, 0.4) is 0 Å². The lowest BCUT2D eigenvalue weighted by molar-refractivity contribution is -0.133. The summed E-state index contributed by atoms with van der Waals surface area (Å²) in [6, 6.07) is 0. The minimum atomic E-state index is -0.682. The molecular formula is C11H19N3O2. The highest BCUT2D eigenvalue weighted by atomic mass is 16.4. The maximum absolute atomic E-state index is 12.3. The minimum absolute atomic E-state index is 0.0407. The number of amidine groups is 1. The van der Waals surface area contributed by atoms with E-state index in [9.17, 15) is 4.79 Å². The van der Waals surface area contributed by atoms with Crippen molar-refractivity contribution in [2.45, 2.75) is 26.7 Å². The topological polar surface area (TPSA) is 78.9 Å². The molecule has 1 aliphatic carbocycles.